The number of benzene rings is 2. The predicted octanol–water partition coefficient (Wildman–Crippen LogP) is 6.29. The van der Waals surface area contributed by atoms with E-state index in [2.05, 4.69) is 52.2 Å². The quantitative estimate of drug-likeness (QED) is 0.219. The number of thioether (sulfide) groups is 1. The maximum atomic E-state index is 13.1. The Morgan fingerprint density at radius 3 is 2.73 bits per heavy atom. The number of carbonyl (C=O) groups excluding carboxylic acids is 1. The Morgan fingerprint density at radius 2 is 2.03 bits per heavy atom. The van der Waals surface area contributed by atoms with E-state index in [1.165, 1.54) is 5.56 Å². The molecule has 0 bridgehead atoms. The second kappa shape index (κ2) is 12.0. The molecule has 1 aliphatic rings. The smallest absolute Gasteiger partial charge is 0.338 e. The average molecular weight is 588 g/mol. The van der Waals surface area contributed by atoms with Crippen LogP contribution in [0.4, 0.5) is 5.95 Å². The highest BCUT2D eigenvalue weighted by Gasteiger charge is 2.36. The lowest BCUT2D eigenvalue weighted by molar-refractivity contribution is -0.139. The Hall–Kier alpha value is -2.98. The molecule has 10 heteroatoms. The molecule has 1 unspecified atom stereocenters. The van der Waals surface area contributed by atoms with Gasteiger partial charge in [0.25, 0.3) is 0 Å². The largest absolute Gasteiger partial charge is 0.493 e. The zero-order chi connectivity index (χ0) is 26.5. The number of allylic oxidation sites excluding steroid dienone is 1. The second-order valence-corrected chi connectivity index (χ2v) is 10.5. The van der Waals surface area contributed by atoms with Crippen LogP contribution in [0.3, 0.4) is 0 Å². The van der Waals surface area contributed by atoms with Gasteiger partial charge in [-0.3, -0.25) is 0 Å². The van der Waals surface area contributed by atoms with Crippen LogP contribution in [0.15, 0.2) is 57.3 Å². The Balaban J connectivity index is 1.75. The van der Waals surface area contributed by atoms with Crippen molar-refractivity contribution in [3.05, 3.63) is 68.8 Å². The summed E-state index contributed by atoms with van der Waals surface area (Å²) < 4.78 is 19.8. The van der Waals surface area contributed by atoms with Crippen molar-refractivity contribution in [1.29, 1.82) is 0 Å². The molecule has 3 aromatic rings. The molecule has 0 saturated carbocycles. The summed E-state index contributed by atoms with van der Waals surface area (Å²) in [5, 5.41) is 8.62. The van der Waals surface area contributed by atoms with Gasteiger partial charge in [-0.05, 0) is 66.4 Å². The minimum atomic E-state index is -0.560. The summed E-state index contributed by atoms with van der Waals surface area (Å²) in [5.41, 5.74) is 4.15. The fraction of sp³-hybridized carbons (Fsp3) is 0.370. The highest BCUT2D eigenvalue weighted by Crippen LogP contribution is 2.43. The van der Waals surface area contributed by atoms with E-state index in [9.17, 15) is 4.79 Å². The van der Waals surface area contributed by atoms with E-state index in [4.69, 9.17) is 19.3 Å². The summed E-state index contributed by atoms with van der Waals surface area (Å²) in [6.45, 7) is 8.46. The Labute approximate surface area is 229 Å². The summed E-state index contributed by atoms with van der Waals surface area (Å²) in [7, 11) is 1.60. The Kier molecular flexibility index (Phi) is 8.81. The molecule has 1 atom stereocenters. The van der Waals surface area contributed by atoms with Crippen LogP contribution in [0, 0.1) is 6.92 Å². The van der Waals surface area contributed by atoms with E-state index in [0.29, 0.717) is 45.0 Å². The number of halogens is 1. The molecule has 0 spiro atoms. The van der Waals surface area contributed by atoms with E-state index in [-0.39, 0.29) is 6.61 Å². The van der Waals surface area contributed by atoms with Gasteiger partial charge in [0.1, 0.15) is 12.6 Å². The molecule has 2 aromatic carbocycles. The molecule has 1 aromatic heterocycles. The number of aromatic nitrogens is 3. The zero-order valence-corrected chi connectivity index (χ0v) is 24.0. The third-order valence-electron chi connectivity index (χ3n) is 5.80. The van der Waals surface area contributed by atoms with Gasteiger partial charge in [0, 0.05) is 11.4 Å². The number of esters is 1. The van der Waals surface area contributed by atoms with Crippen molar-refractivity contribution in [2.45, 2.75) is 51.9 Å². The number of aryl methyl sites for hydroxylation is 1. The SMILES string of the molecule is CCCSc1nc2n(n1)C(c1cc(Br)c(OCc3cccc(C)c3)c(OC)c1)C(C(=O)OCC)=C(C)N2. The van der Waals surface area contributed by atoms with Crippen LogP contribution >= 0.6 is 27.7 Å². The van der Waals surface area contributed by atoms with Crippen molar-refractivity contribution >= 4 is 39.6 Å². The third-order valence-corrected chi connectivity index (χ3v) is 7.43. The fourth-order valence-corrected chi connectivity index (χ4v) is 5.42. The number of anilines is 1. The second-order valence-electron chi connectivity index (χ2n) is 8.61. The van der Waals surface area contributed by atoms with Crippen molar-refractivity contribution < 1.29 is 19.0 Å². The van der Waals surface area contributed by atoms with E-state index < -0.39 is 12.0 Å². The number of hydrogen-bond donors (Lipinski definition) is 1. The summed E-state index contributed by atoms with van der Waals surface area (Å²) in [6, 6.07) is 11.4. The summed E-state index contributed by atoms with van der Waals surface area (Å²) in [5.74, 6) is 2.19. The van der Waals surface area contributed by atoms with Gasteiger partial charge >= 0.3 is 5.97 Å². The normalized spacial score (nSPS) is 14.7. The van der Waals surface area contributed by atoms with Gasteiger partial charge in [-0.15, -0.1) is 5.10 Å². The summed E-state index contributed by atoms with van der Waals surface area (Å²) in [6.07, 6.45) is 1.00. The third kappa shape index (κ3) is 5.96. The van der Waals surface area contributed by atoms with Gasteiger partial charge in [0.05, 0.1) is 23.8 Å². The van der Waals surface area contributed by atoms with E-state index >= 15 is 0 Å². The lowest BCUT2D eigenvalue weighted by atomic mass is 9.95. The van der Waals surface area contributed by atoms with Crippen LogP contribution in [-0.2, 0) is 16.1 Å². The van der Waals surface area contributed by atoms with E-state index in [1.807, 2.05) is 31.2 Å². The number of nitrogens with one attached hydrogen (secondary N) is 1. The minimum absolute atomic E-state index is 0.267. The molecule has 2 heterocycles. The molecule has 0 amide bonds. The first-order valence-electron chi connectivity index (χ1n) is 12.2. The van der Waals surface area contributed by atoms with Gasteiger partial charge in [-0.2, -0.15) is 4.98 Å². The molecular weight excluding hydrogens is 556 g/mol. The predicted molar refractivity (Wildman–Crippen MR) is 148 cm³/mol. The first-order valence-corrected chi connectivity index (χ1v) is 13.9. The maximum Gasteiger partial charge on any atom is 0.338 e. The van der Waals surface area contributed by atoms with E-state index in [0.717, 1.165) is 23.3 Å². The molecule has 8 nitrogen and oxygen atoms in total. The van der Waals surface area contributed by atoms with Crippen LogP contribution in [0.25, 0.3) is 0 Å². The molecule has 4 rings (SSSR count). The van der Waals surface area contributed by atoms with Crippen molar-refractivity contribution in [1.82, 2.24) is 14.8 Å². The lowest BCUT2D eigenvalue weighted by Crippen LogP contribution is -2.29. The van der Waals surface area contributed by atoms with Crippen LogP contribution in [0.5, 0.6) is 11.5 Å². The lowest BCUT2D eigenvalue weighted by Gasteiger charge is -2.28. The van der Waals surface area contributed by atoms with Gasteiger partial charge < -0.3 is 19.5 Å². The first-order chi connectivity index (χ1) is 17.9. The molecule has 0 saturated heterocycles. The van der Waals surface area contributed by atoms with Crippen molar-refractivity contribution in [2.24, 2.45) is 0 Å². The van der Waals surface area contributed by atoms with Crippen molar-refractivity contribution in [3.8, 4) is 11.5 Å². The van der Waals surface area contributed by atoms with Crippen LogP contribution in [0.1, 0.15) is 49.9 Å². The number of fused-ring (bicyclic) bond motifs is 1. The topological polar surface area (TPSA) is 87.5 Å². The van der Waals surface area contributed by atoms with Gasteiger partial charge in [0.2, 0.25) is 11.1 Å². The van der Waals surface area contributed by atoms with E-state index in [1.54, 1.807) is 30.5 Å². The number of ether oxygens (including phenoxy) is 3. The number of hydrogen-bond acceptors (Lipinski definition) is 8. The zero-order valence-electron chi connectivity index (χ0n) is 21.6. The standard InChI is InChI=1S/C27H31BrN4O4S/c1-6-11-37-27-30-26-29-17(4)22(25(33)35-7-2)23(32(26)31-27)19-13-20(28)24(21(14-19)34-5)36-15-18-10-8-9-16(3)12-18/h8-10,12-14,23H,6-7,11,15H2,1-5H3,(H,29,30,31). The molecule has 1 N–H and O–H groups in total. The number of nitrogens with zero attached hydrogens (tertiary/aromatic N) is 3. The average Bonchev–Trinajstić information content (AvgIpc) is 3.27. The molecular formula is C27H31BrN4O4S. The molecule has 37 heavy (non-hydrogen) atoms. The highest BCUT2D eigenvalue weighted by atomic mass is 79.9. The number of carbonyl (C=O) groups is 1. The molecule has 0 radical (unpaired) electrons. The highest BCUT2D eigenvalue weighted by molar-refractivity contribution is 9.10. The van der Waals surface area contributed by atoms with Crippen LogP contribution in [0.2, 0.25) is 0 Å². The Bertz CT molecular complexity index is 1320. The maximum absolute atomic E-state index is 13.1. The number of methoxy groups -OCH3 is 1. The first kappa shape index (κ1) is 27.1. The molecule has 196 valence electrons. The minimum Gasteiger partial charge on any atom is -0.493 e. The molecule has 0 aliphatic carbocycles. The van der Waals surface area contributed by atoms with Gasteiger partial charge in [0.15, 0.2) is 11.5 Å². The fourth-order valence-electron chi connectivity index (χ4n) is 4.16. The monoisotopic (exact) mass is 586 g/mol. The Morgan fingerprint density at radius 1 is 1.22 bits per heavy atom. The summed E-state index contributed by atoms with van der Waals surface area (Å²) >= 11 is 5.25. The van der Waals surface area contributed by atoms with Crippen molar-refractivity contribution in [3.63, 3.8) is 0 Å². The van der Waals surface area contributed by atoms with Crippen LogP contribution < -0.4 is 14.8 Å². The van der Waals surface area contributed by atoms with Gasteiger partial charge in [-0.1, -0.05) is 48.5 Å². The van der Waals surface area contributed by atoms with Gasteiger partial charge in [-0.25, -0.2) is 9.48 Å². The van der Waals surface area contributed by atoms with Crippen LogP contribution in [-0.4, -0.2) is 40.2 Å². The number of rotatable bonds is 10. The molecule has 1 aliphatic heterocycles. The molecule has 0 fully saturated rings. The van der Waals surface area contributed by atoms with Crippen molar-refractivity contribution in [2.75, 3.05) is 24.8 Å². The summed E-state index contributed by atoms with van der Waals surface area (Å²) in [4.78, 5) is 17.8.